The number of aliphatic hydroxyl groups excluding tert-OH is 6. The Morgan fingerprint density at radius 2 is 1.52 bits per heavy atom. The van der Waals surface area contributed by atoms with Crippen LogP contribution in [-0.4, -0.2) is 127 Å². The Morgan fingerprint density at radius 1 is 0.864 bits per heavy atom. The van der Waals surface area contributed by atoms with Gasteiger partial charge in [-0.3, -0.25) is 4.79 Å². The standard InChI is InChI=1S/C28H32O16/c1-9-19(32)22(35)24(37)27(40-9)44-26-17(8-29)43-28(25(38)23(26)36)41-11-6-14(39-2)18-15(7-11)42-16(21(18)34)5-10-3-12(30)20(33)13(31)4-10/h3-7,9,17,19,22-33,35-38H,8H2,1-2H3/b16-5+/t9-,17+,19-,22+,23+,24+,25+,26+,27-,28+/m0/s1. The minimum Gasteiger partial charge on any atom is -0.504 e. The van der Waals surface area contributed by atoms with Gasteiger partial charge in [0.2, 0.25) is 12.1 Å². The summed E-state index contributed by atoms with van der Waals surface area (Å²) in [5, 5.41) is 91.0. The molecule has 2 fully saturated rings. The van der Waals surface area contributed by atoms with Crippen LogP contribution in [0.1, 0.15) is 22.8 Å². The van der Waals surface area contributed by atoms with Gasteiger partial charge in [0.15, 0.2) is 29.3 Å². The molecular formula is C28H32O16. The molecule has 2 aromatic rings. The third-order valence-corrected chi connectivity index (χ3v) is 7.49. The van der Waals surface area contributed by atoms with Gasteiger partial charge in [0.05, 0.1) is 19.8 Å². The number of phenolic OH excluding ortho intramolecular Hbond substituents is 3. The fourth-order valence-electron chi connectivity index (χ4n) is 5.08. The summed E-state index contributed by atoms with van der Waals surface area (Å²) in [6.07, 6.45) is -14.0. The van der Waals surface area contributed by atoms with E-state index in [1.54, 1.807) is 0 Å². The molecule has 0 aromatic heterocycles. The summed E-state index contributed by atoms with van der Waals surface area (Å²) in [5.74, 6) is -2.86. The Kier molecular flexibility index (Phi) is 8.90. The number of carbonyl (C=O) groups excluding carboxylic acids is 1. The van der Waals surface area contributed by atoms with Crippen molar-refractivity contribution in [3.05, 3.63) is 41.2 Å². The summed E-state index contributed by atoms with van der Waals surface area (Å²) < 4.78 is 33.4. The first-order valence-corrected chi connectivity index (χ1v) is 13.4. The highest BCUT2D eigenvalue weighted by Gasteiger charge is 2.50. The Labute approximate surface area is 249 Å². The molecule has 0 spiro atoms. The van der Waals surface area contributed by atoms with Gasteiger partial charge in [-0.25, -0.2) is 0 Å². The Morgan fingerprint density at radius 3 is 2.16 bits per heavy atom. The number of methoxy groups -OCH3 is 1. The highest BCUT2D eigenvalue weighted by Crippen LogP contribution is 2.43. The van der Waals surface area contributed by atoms with Crippen LogP contribution in [0, 0.1) is 0 Å². The molecule has 16 nitrogen and oxygen atoms in total. The van der Waals surface area contributed by atoms with Crippen LogP contribution in [-0.2, 0) is 14.2 Å². The molecule has 3 aliphatic heterocycles. The lowest BCUT2D eigenvalue weighted by Crippen LogP contribution is -2.64. The van der Waals surface area contributed by atoms with Gasteiger partial charge in [-0.05, 0) is 30.7 Å². The van der Waals surface area contributed by atoms with Crippen LogP contribution in [0.25, 0.3) is 6.08 Å². The molecule has 16 heteroatoms. The molecule has 0 aliphatic carbocycles. The average Bonchev–Trinajstić information content (AvgIpc) is 3.30. The normalized spacial score (nSPS) is 34.5. The highest BCUT2D eigenvalue weighted by molar-refractivity contribution is 6.16. The van der Waals surface area contributed by atoms with Crippen molar-refractivity contribution in [3.63, 3.8) is 0 Å². The van der Waals surface area contributed by atoms with E-state index in [1.807, 2.05) is 0 Å². The topological polar surface area (TPSA) is 255 Å². The number of benzene rings is 2. The van der Waals surface area contributed by atoms with Crippen LogP contribution in [0.15, 0.2) is 30.0 Å². The molecule has 2 aromatic carbocycles. The number of ether oxygens (including phenoxy) is 6. The van der Waals surface area contributed by atoms with Gasteiger partial charge in [-0.15, -0.1) is 0 Å². The zero-order chi connectivity index (χ0) is 32.0. The molecule has 2 saturated heterocycles. The van der Waals surface area contributed by atoms with Gasteiger partial charge in [-0.2, -0.15) is 0 Å². The predicted molar refractivity (Wildman–Crippen MR) is 143 cm³/mol. The van der Waals surface area contributed by atoms with Gasteiger partial charge in [0.1, 0.15) is 65.5 Å². The number of carbonyl (C=O) groups is 1. The summed E-state index contributed by atoms with van der Waals surface area (Å²) in [4.78, 5) is 13.1. The predicted octanol–water partition coefficient (Wildman–Crippen LogP) is -1.54. The molecule has 3 aliphatic rings. The average molecular weight is 625 g/mol. The van der Waals surface area contributed by atoms with Crippen molar-refractivity contribution in [2.24, 2.45) is 0 Å². The number of hydrogen-bond acceptors (Lipinski definition) is 16. The minimum absolute atomic E-state index is 0.00589. The second kappa shape index (κ2) is 12.4. The maximum absolute atomic E-state index is 13.1. The van der Waals surface area contributed by atoms with Crippen molar-refractivity contribution < 1.29 is 79.2 Å². The number of hydrogen-bond donors (Lipinski definition) is 9. The summed E-state index contributed by atoms with van der Waals surface area (Å²) in [6.45, 7) is 0.690. The molecule has 5 rings (SSSR count). The molecule has 3 heterocycles. The molecule has 0 saturated carbocycles. The van der Waals surface area contributed by atoms with Crippen LogP contribution in [0.5, 0.6) is 34.5 Å². The quantitative estimate of drug-likeness (QED) is 0.125. The van der Waals surface area contributed by atoms with Gasteiger partial charge in [0, 0.05) is 12.1 Å². The second-order valence-electron chi connectivity index (χ2n) is 10.5. The largest absolute Gasteiger partial charge is 0.504 e. The van der Waals surface area contributed by atoms with E-state index in [0.717, 1.165) is 12.1 Å². The number of aromatic hydroxyl groups is 3. The van der Waals surface area contributed by atoms with E-state index in [9.17, 15) is 50.8 Å². The molecule has 0 bridgehead atoms. The SMILES string of the molecule is COc1cc(O[C@@H]2O[C@H](CO)[C@@H](O[C@@H]3O[C@@H](C)[C@H](O)[C@@H](O)[C@H]3O)[C@H](O)[C@H]2O)cc2c1C(=O)/C(=C\c1cc(O)c(O)c(O)c1)O2. The minimum atomic E-state index is -1.79. The Bertz CT molecular complexity index is 1400. The second-order valence-corrected chi connectivity index (χ2v) is 10.5. The van der Waals surface area contributed by atoms with Crippen LogP contribution in [0.2, 0.25) is 0 Å². The van der Waals surface area contributed by atoms with Crippen LogP contribution >= 0.6 is 0 Å². The van der Waals surface area contributed by atoms with Gasteiger partial charge in [0.25, 0.3) is 0 Å². The zero-order valence-corrected chi connectivity index (χ0v) is 23.3. The highest BCUT2D eigenvalue weighted by atomic mass is 16.7. The number of phenols is 3. The Balaban J connectivity index is 1.34. The third-order valence-electron chi connectivity index (χ3n) is 7.49. The molecule has 0 amide bonds. The molecule has 0 radical (unpaired) electrons. The van der Waals surface area contributed by atoms with Crippen molar-refractivity contribution in [1.82, 2.24) is 0 Å². The fraction of sp³-hybridized carbons (Fsp3) is 0.464. The van der Waals surface area contributed by atoms with Crippen molar-refractivity contribution in [1.29, 1.82) is 0 Å². The van der Waals surface area contributed by atoms with E-state index in [1.165, 1.54) is 32.2 Å². The van der Waals surface area contributed by atoms with E-state index in [2.05, 4.69) is 0 Å². The Hall–Kier alpha value is -3.71. The summed E-state index contributed by atoms with van der Waals surface area (Å²) in [5.41, 5.74) is 0.146. The maximum atomic E-state index is 13.1. The summed E-state index contributed by atoms with van der Waals surface area (Å²) in [7, 11) is 1.28. The zero-order valence-electron chi connectivity index (χ0n) is 23.3. The van der Waals surface area contributed by atoms with E-state index in [0.29, 0.717) is 0 Å². The lowest BCUT2D eigenvalue weighted by Gasteiger charge is -2.45. The summed E-state index contributed by atoms with van der Waals surface area (Å²) >= 11 is 0. The number of aliphatic hydroxyl groups is 6. The number of Topliss-reactive ketones (excluding diaryl/α,β-unsaturated/α-hetero) is 1. The lowest BCUT2D eigenvalue weighted by atomic mass is 9.97. The van der Waals surface area contributed by atoms with Crippen molar-refractivity contribution in [2.45, 2.75) is 68.3 Å². The van der Waals surface area contributed by atoms with Crippen molar-refractivity contribution in [2.75, 3.05) is 13.7 Å². The van der Waals surface area contributed by atoms with Gasteiger partial charge < -0.3 is 74.4 Å². The van der Waals surface area contributed by atoms with E-state index >= 15 is 0 Å². The number of ketones is 1. The summed E-state index contributed by atoms with van der Waals surface area (Å²) in [6, 6.07) is 4.77. The van der Waals surface area contributed by atoms with Crippen LogP contribution in [0.3, 0.4) is 0 Å². The third kappa shape index (κ3) is 5.74. The van der Waals surface area contributed by atoms with Crippen molar-refractivity contribution >= 4 is 11.9 Å². The first-order chi connectivity index (χ1) is 20.8. The molecule has 44 heavy (non-hydrogen) atoms. The number of fused-ring (bicyclic) bond motifs is 1. The molecule has 240 valence electrons. The van der Waals surface area contributed by atoms with E-state index in [4.69, 9.17) is 28.4 Å². The van der Waals surface area contributed by atoms with Gasteiger partial charge in [-0.1, -0.05) is 0 Å². The molecule has 9 N–H and O–H groups in total. The molecule has 0 unspecified atom stereocenters. The molecule has 10 atom stereocenters. The van der Waals surface area contributed by atoms with E-state index < -0.39 is 91.1 Å². The van der Waals surface area contributed by atoms with Crippen LogP contribution in [0.4, 0.5) is 0 Å². The first kappa shape index (κ1) is 31.7. The number of rotatable bonds is 7. The first-order valence-electron chi connectivity index (χ1n) is 13.4. The fourth-order valence-corrected chi connectivity index (χ4v) is 5.08. The molecular weight excluding hydrogens is 592 g/mol. The van der Waals surface area contributed by atoms with Crippen LogP contribution < -0.4 is 14.2 Å². The lowest BCUT2D eigenvalue weighted by molar-refractivity contribution is -0.349. The van der Waals surface area contributed by atoms with Crippen molar-refractivity contribution in [3.8, 4) is 34.5 Å². The smallest absolute Gasteiger partial charge is 0.235 e. The maximum Gasteiger partial charge on any atom is 0.235 e. The van der Waals surface area contributed by atoms with Gasteiger partial charge >= 0.3 is 0 Å². The monoisotopic (exact) mass is 624 g/mol. The van der Waals surface area contributed by atoms with E-state index in [-0.39, 0.29) is 34.1 Å². The number of allylic oxidation sites excluding steroid dienone is 1.